The number of hydrogen-bond donors (Lipinski definition) is 0. The van der Waals surface area contributed by atoms with Gasteiger partial charge in [0, 0.05) is 19.9 Å². The molecule has 6 nitrogen and oxygen atoms in total. The molecule has 1 fully saturated rings. The van der Waals surface area contributed by atoms with Crippen LogP contribution in [0.2, 0.25) is 0 Å². The van der Waals surface area contributed by atoms with E-state index in [1.165, 1.54) is 11.7 Å². The normalized spacial score (nSPS) is 18.6. The van der Waals surface area contributed by atoms with Crippen LogP contribution in [-0.2, 0) is 16.1 Å². The molecule has 1 aliphatic rings. The van der Waals surface area contributed by atoms with Crippen molar-refractivity contribution in [1.29, 1.82) is 0 Å². The Morgan fingerprint density at radius 1 is 1.38 bits per heavy atom. The van der Waals surface area contributed by atoms with Crippen molar-refractivity contribution in [3.05, 3.63) is 28.7 Å². The lowest BCUT2D eigenvalue weighted by Gasteiger charge is -2.35. The van der Waals surface area contributed by atoms with Gasteiger partial charge in [0.25, 0.3) is 5.56 Å². The van der Waals surface area contributed by atoms with Crippen LogP contribution in [0.1, 0.15) is 19.3 Å². The Morgan fingerprint density at radius 3 is 2.90 bits per heavy atom. The third kappa shape index (κ3) is 3.64. The number of nitrogens with zero attached hydrogens (tertiary/aromatic N) is 2. The maximum atomic E-state index is 12.5. The van der Waals surface area contributed by atoms with E-state index in [1.807, 2.05) is 4.90 Å². The summed E-state index contributed by atoms with van der Waals surface area (Å²) >= 11 is 0. The summed E-state index contributed by atoms with van der Waals surface area (Å²) in [4.78, 5) is 26.4. The van der Waals surface area contributed by atoms with Crippen molar-refractivity contribution in [2.45, 2.75) is 31.8 Å². The van der Waals surface area contributed by atoms with Crippen LogP contribution in [0.4, 0.5) is 0 Å². The minimum Gasteiger partial charge on any atom is -0.491 e. The van der Waals surface area contributed by atoms with Crippen LogP contribution in [0.25, 0.3) is 0 Å². The Labute approximate surface area is 124 Å². The molecule has 1 atom stereocenters. The monoisotopic (exact) mass is 294 g/mol. The molecule has 1 aliphatic heterocycles. The zero-order valence-electron chi connectivity index (χ0n) is 12.6. The fourth-order valence-corrected chi connectivity index (χ4v) is 2.73. The second-order valence-corrected chi connectivity index (χ2v) is 5.20. The van der Waals surface area contributed by atoms with E-state index in [0.717, 1.165) is 25.8 Å². The second kappa shape index (κ2) is 7.26. The lowest BCUT2D eigenvalue weighted by molar-refractivity contribution is -0.136. The average Bonchev–Trinajstić information content (AvgIpc) is 2.50. The van der Waals surface area contributed by atoms with Gasteiger partial charge < -0.3 is 18.9 Å². The third-order valence-electron chi connectivity index (χ3n) is 3.82. The summed E-state index contributed by atoms with van der Waals surface area (Å²) in [5.74, 6) is 0.199. The lowest BCUT2D eigenvalue weighted by Crippen LogP contribution is -2.47. The van der Waals surface area contributed by atoms with Crippen molar-refractivity contribution >= 4 is 5.91 Å². The number of amides is 1. The summed E-state index contributed by atoms with van der Waals surface area (Å²) in [5.41, 5.74) is -0.284. The molecule has 0 N–H and O–H groups in total. The number of methoxy groups -OCH3 is 2. The first-order chi connectivity index (χ1) is 10.2. The van der Waals surface area contributed by atoms with Crippen molar-refractivity contribution in [1.82, 2.24) is 9.47 Å². The first-order valence-electron chi connectivity index (χ1n) is 7.19. The van der Waals surface area contributed by atoms with Crippen LogP contribution in [0.5, 0.6) is 5.75 Å². The van der Waals surface area contributed by atoms with E-state index >= 15 is 0 Å². The van der Waals surface area contributed by atoms with Gasteiger partial charge in [0.1, 0.15) is 6.54 Å². The van der Waals surface area contributed by atoms with Gasteiger partial charge in [-0.25, -0.2) is 0 Å². The van der Waals surface area contributed by atoms with E-state index in [9.17, 15) is 9.59 Å². The van der Waals surface area contributed by atoms with Crippen molar-refractivity contribution < 1.29 is 14.3 Å². The number of rotatable bonds is 5. The van der Waals surface area contributed by atoms with Crippen LogP contribution in [0.15, 0.2) is 23.1 Å². The minimum absolute atomic E-state index is 0.0379. The molecule has 2 rings (SSSR count). The van der Waals surface area contributed by atoms with Gasteiger partial charge >= 0.3 is 0 Å². The molecule has 1 unspecified atom stereocenters. The molecule has 2 heterocycles. The number of hydrogen-bond acceptors (Lipinski definition) is 4. The fraction of sp³-hybridized carbons (Fsp3) is 0.600. The molecule has 0 spiro atoms. The predicted octanol–water partition coefficient (Wildman–Crippen LogP) is 0.884. The first kappa shape index (κ1) is 15.6. The van der Waals surface area contributed by atoms with Gasteiger partial charge in [0.15, 0.2) is 5.75 Å². The molecule has 1 aromatic heterocycles. The highest BCUT2D eigenvalue weighted by atomic mass is 16.5. The van der Waals surface area contributed by atoms with E-state index < -0.39 is 0 Å². The number of aromatic nitrogens is 1. The van der Waals surface area contributed by atoms with E-state index in [0.29, 0.717) is 6.61 Å². The summed E-state index contributed by atoms with van der Waals surface area (Å²) in [5, 5.41) is 0. The highest BCUT2D eigenvalue weighted by Crippen LogP contribution is 2.17. The SMILES string of the molecule is COCC1CCCCN1C(=O)Cn1cccc(OC)c1=O. The third-order valence-corrected chi connectivity index (χ3v) is 3.82. The molecule has 116 valence electrons. The van der Waals surface area contributed by atoms with Gasteiger partial charge in [-0.3, -0.25) is 9.59 Å². The topological polar surface area (TPSA) is 60.8 Å². The molecule has 0 radical (unpaired) electrons. The molecule has 0 aromatic carbocycles. The molecule has 1 aromatic rings. The van der Waals surface area contributed by atoms with Gasteiger partial charge in [-0.1, -0.05) is 0 Å². The van der Waals surface area contributed by atoms with Gasteiger partial charge in [-0.2, -0.15) is 0 Å². The summed E-state index contributed by atoms with van der Waals surface area (Å²) in [6.45, 7) is 1.31. The van der Waals surface area contributed by atoms with Gasteiger partial charge in [0.2, 0.25) is 5.91 Å². The standard InChI is InChI=1S/C15H22N2O4/c1-20-11-12-6-3-4-9-17(12)14(18)10-16-8-5-7-13(21-2)15(16)19/h5,7-8,12H,3-4,6,9-11H2,1-2H3. The predicted molar refractivity (Wildman–Crippen MR) is 78.5 cm³/mol. The van der Waals surface area contributed by atoms with E-state index in [4.69, 9.17) is 9.47 Å². The van der Waals surface area contributed by atoms with E-state index in [-0.39, 0.29) is 29.8 Å². The number of ether oxygens (including phenoxy) is 2. The Kier molecular flexibility index (Phi) is 5.38. The van der Waals surface area contributed by atoms with Crippen LogP contribution >= 0.6 is 0 Å². The Hall–Kier alpha value is -1.82. The summed E-state index contributed by atoms with van der Waals surface area (Å²) in [6.07, 6.45) is 4.67. The van der Waals surface area contributed by atoms with Gasteiger partial charge in [0.05, 0.1) is 19.8 Å². The number of piperidine rings is 1. The quantitative estimate of drug-likeness (QED) is 0.809. The fourth-order valence-electron chi connectivity index (χ4n) is 2.73. The van der Waals surface area contributed by atoms with Gasteiger partial charge in [-0.15, -0.1) is 0 Å². The zero-order chi connectivity index (χ0) is 15.2. The Balaban J connectivity index is 2.11. The van der Waals surface area contributed by atoms with Crippen LogP contribution < -0.4 is 10.3 Å². The smallest absolute Gasteiger partial charge is 0.293 e. The van der Waals surface area contributed by atoms with Crippen LogP contribution in [0, 0.1) is 0 Å². The number of pyridine rings is 1. The summed E-state index contributed by atoms with van der Waals surface area (Å²) < 4.78 is 11.6. The molecule has 6 heteroatoms. The molecule has 0 aliphatic carbocycles. The van der Waals surface area contributed by atoms with Crippen molar-refractivity contribution in [3.8, 4) is 5.75 Å². The second-order valence-electron chi connectivity index (χ2n) is 5.20. The summed E-state index contributed by atoms with van der Waals surface area (Å²) in [7, 11) is 3.09. The maximum Gasteiger partial charge on any atom is 0.293 e. The molecular weight excluding hydrogens is 272 g/mol. The minimum atomic E-state index is -0.284. The van der Waals surface area contributed by atoms with E-state index in [2.05, 4.69) is 0 Å². The molecule has 0 saturated carbocycles. The highest BCUT2D eigenvalue weighted by molar-refractivity contribution is 5.76. The highest BCUT2D eigenvalue weighted by Gasteiger charge is 2.26. The maximum absolute atomic E-state index is 12.5. The Morgan fingerprint density at radius 2 is 2.19 bits per heavy atom. The Bertz CT molecular complexity index is 539. The summed E-state index contributed by atoms with van der Waals surface area (Å²) in [6, 6.07) is 3.41. The van der Waals surface area contributed by atoms with Crippen LogP contribution in [-0.4, -0.2) is 48.8 Å². The number of carbonyl (C=O) groups is 1. The average molecular weight is 294 g/mol. The van der Waals surface area contributed by atoms with Crippen molar-refractivity contribution in [3.63, 3.8) is 0 Å². The van der Waals surface area contributed by atoms with Gasteiger partial charge in [-0.05, 0) is 31.4 Å². The first-order valence-corrected chi connectivity index (χ1v) is 7.19. The largest absolute Gasteiger partial charge is 0.491 e. The molecular formula is C15H22N2O4. The van der Waals surface area contributed by atoms with E-state index in [1.54, 1.807) is 25.4 Å². The molecule has 1 saturated heterocycles. The van der Waals surface area contributed by atoms with Crippen molar-refractivity contribution in [2.24, 2.45) is 0 Å². The molecule has 0 bridgehead atoms. The number of likely N-dealkylation sites (tertiary alicyclic amines) is 1. The molecule has 21 heavy (non-hydrogen) atoms. The lowest BCUT2D eigenvalue weighted by atomic mass is 10.0. The molecule has 1 amide bonds. The van der Waals surface area contributed by atoms with Crippen LogP contribution in [0.3, 0.4) is 0 Å². The zero-order valence-corrected chi connectivity index (χ0v) is 12.6. The number of carbonyl (C=O) groups excluding carboxylic acids is 1. The van der Waals surface area contributed by atoms with Crippen molar-refractivity contribution in [2.75, 3.05) is 27.4 Å².